The van der Waals surface area contributed by atoms with Gasteiger partial charge in [-0.1, -0.05) is 12.1 Å². The van der Waals surface area contributed by atoms with Crippen LogP contribution in [0.15, 0.2) is 24.3 Å². The molecule has 2 atom stereocenters. The van der Waals surface area contributed by atoms with Crippen molar-refractivity contribution in [3.05, 3.63) is 29.8 Å². The smallest absolute Gasteiger partial charge is 0.174 e. The van der Waals surface area contributed by atoms with Crippen LogP contribution in [0.4, 0.5) is 0 Å². The van der Waals surface area contributed by atoms with Crippen LogP contribution >= 0.6 is 0 Å². The van der Waals surface area contributed by atoms with E-state index in [9.17, 15) is 4.79 Å². The van der Waals surface area contributed by atoms with Gasteiger partial charge < -0.3 is 10.1 Å². The summed E-state index contributed by atoms with van der Waals surface area (Å²) in [6, 6.07) is 7.83. The van der Waals surface area contributed by atoms with Crippen LogP contribution < -0.4 is 10.1 Å². The van der Waals surface area contributed by atoms with Gasteiger partial charge in [0.2, 0.25) is 0 Å². The van der Waals surface area contributed by atoms with Crippen LogP contribution in [0, 0.1) is 5.92 Å². The fraction of sp³-hybridized carbons (Fsp3) is 0.462. The number of ketones is 1. The zero-order valence-corrected chi connectivity index (χ0v) is 9.11. The zero-order chi connectivity index (χ0) is 11.0. The Morgan fingerprint density at radius 2 is 2.19 bits per heavy atom. The van der Waals surface area contributed by atoms with Crippen molar-refractivity contribution in [3.63, 3.8) is 0 Å². The SMILES string of the molecule is O=C1c2ccccc2OCC1C1CCCN1. The Morgan fingerprint density at radius 1 is 1.31 bits per heavy atom. The van der Waals surface area contributed by atoms with Gasteiger partial charge in [-0.15, -0.1) is 0 Å². The van der Waals surface area contributed by atoms with E-state index in [1.165, 1.54) is 0 Å². The summed E-state index contributed by atoms with van der Waals surface area (Å²) >= 11 is 0. The highest BCUT2D eigenvalue weighted by atomic mass is 16.5. The van der Waals surface area contributed by atoms with Crippen molar-refractivity contribution in [3.8, 4) is 5.75 Å². The molecule has 16 heavy (non-hydrogen) atoms. The molecule has 0 amide bonds. The van der Waals surface area contributed by atoms with Crippen LogP contribution in [-0.4, -0.2) is 25.0 Å². The van der Waals surface area contributed by atoms with Gasteiger partial charge >= 0.3 is 0 Å². The molecule has 84 valence electrons. The first-order chi connectivity index (χ1) is 7.86. The Kier molecular flexibility index (Phi) is 2.40. The Bertz CT molecular complexity index is 410. The molecule has 2 unspecified atom stereocenters. The number of hydrogen-bond acceptors (Lipinski definition) is 3. The highest BCUT2D eigenvalue weighted by Gasteiger charge is 2.35. The van der Waals surface area contributed by atoms with Crippen LogP contribution in [0.5, 0.6) is 5.75 Å². The van der Waals surface area contributed by atoms with E-state index in [1.54, 1.807) is 0 Å². The van der Waals surface area contributed by atoms with Crippen molar-refractivity contribution >= 4 is 5.78 Å². The third-order valence-electron chi connectivity index (χ3n) is 3.49. The number of fused-ring (bicyclic) bond motifs is 1. The summed E-state index contributed by atoms with van der Waals surface area (Å²) in [6.45, 7) is 1.55. The van der Waals surface area contributed by atoms with Gasteiger partial charge in [-0.2, -0.15) is 0 Å². The van der Waals surface area contributed by atoms with Crippen molar-refractivity contribution in [2.45, 2.75) is 18.9 Å². The minimum absolute atomic E-state index is 0.00241. The molecule has 3 rings (SSSR count). The second-order valence-electron chi connectivity index (χ2n) is 4.48. The summed E-state index contributed by atoms with van der Waals surface area (Å²) in [5.41, 5.74) is 0.743. The first kappa shape index (κ1) is 9.85. The van der Waals surface area contributed by atoms with E-state index in [0.717, 1.165) is 30.7 Å². The molecule has 3 nitrogen and oxygen atoms in total. The van der Waals surface area contributed by atoms with E-state index in [4.69, 9.17) is 4.74 Å². The standard InChI is InChI=1S/C13H15NO2/c15-13-9-4-1-2-6-12(9)16-8-10(13)11-5-3-7-14-11/h1-2,4,6,10-11,14H,3,5,7-8H2. The summed E-state index contributed by atoms with van der Waals surface area (Å²) in [7, 11) is 0. The molecule has 0 saturated carbocycles. The first-order valence-electron chi connectivity index (χ1n) is 5.86. The molecular formula is C13H15NO2. The molecule has 0 aliphatic carbocycles. The van der Waals surface area contributed by atoms with Gasteiger partial charge in [0.15, 0.2) is 5.78 Å². The lowest BCUT2D eigenvalue weighted by Gasteiger charge is -2.28. The van der Waals surface area contributed by atoms with E-state index in [-0.39, 0.29) is 11.7 Å². The second kappa shape index (κ2) is 3.91. The van der Waals surface area contributed by atoms with E-state index in [1.807, 2.05) is 24.3 Å². The fourth-order valence-corrected chi connectivity index (χ4v) is 2.60. The Balaban J connectivity index is 1.88. The fourth-order valence-electron chi connectivity index (χ4n) is 2.60. The zero-order valence-electron chi connectivity index (χ0n) is 9.11. The Labute approximate surface area is 94.8 Å². The number of carbonyl (C=O) groups excluding carboxylic acids is 1. The van der Waals surface area contributed by atoms with Gasteiger partial charge in [0.05, 0.1) is 18.1 Å². The number of rotatable bonds is 1. The molecule has 0 bridgehead atoms. The molecule has 2 aliphatic rings. The van der Waals surface area contributed by atoms with E-state index >= 15 is 0 Å². The summed E-state index contributed by atoms with van der Waals surface area (Å²) < 4.78 is 5.66. The number of ether oxygens (including phenoxy) is 1. The predicted octanol–water partition coefficient (Wildman–Crippen LogP) is 1.63. The number of hydrogen-bond donors (Lipinski definition) is 1. The molecule has 3 heteroatoms. The molecule has 1 fully saturated rings. The number of nitrogens with one attached hydrogen (secondary N) is 1. The van der Waals surface area contributed by atoms with E-state index < -0.39 is 0 Å². The van der Waals surface area contributed by atoms with Crippen molar-refractivity contribution in [2.75, 3.05) is 13.2 Å². The third-order valence-corrected chi connectivity index (χ3v) is 3.49. The van der Waals surface area contributed by atoms with Gasteiger partial charge in [0.25, 0.3) is 0 Å². The van der Waals surface area contributed by atoms with E-state index in [2.05, 4.69) is 5.32 Å². The summed E-state index contributed by atoms with van der Waals surface area (Å²) in [4.78, 5) is 12.3. The van der Waals surface area contributed by atoms with Crippen LogP contribution in [0.2, 0.25) is 0 Å². The van der Waals surface area contributed by atoms with Gasteiger partial charge in [-0.25, -0.2) is 0 Å². The molecular weight excluding hydrogens is 202 g/mol. The summed E-state index contributed by atoms with van der Waals surface area (Å²) in [6.07, 6.45) is 2.25. The quantitative estimate of drug-likeness (QED) is 0.777. The minimum Gasteiger partial charge on any atom is -0.492 e. The average molecular weight is 217 g/mol. The highest BCUT2D eigenvalue weighted by molar-refractivity contribution is 6.01. The lowest BCUT2D eigenvalue weighted by molar-refractivity contribution is 0.0790. The maximum atomic E-state index is 12.3. The molecule has 0 spiro atoms. The molecule has 0 radical (unpaired) electrons. The Hall–Kier alpha value is -1.35. The molecule has 1 saturated heterocycles. The molecule has 2 heterocycles. The summed E-state index contributed by atoms with van der Waals surface area (Å²) in [5, 5.41) is 3.39. The van der Waals surface area contributed by atoms with Crippen molar-refractivity contribution in [1.29, 1.82) is 0 Å². The molecule has 1 N–H and O–H groups in total. The summed E-state index contributed by atoms with van der Waals surface area (Å²) in [5.74, 6) is 0.973. The van der Waals surface area contributed by atoms with Crippen LogP contribution in [-0.2, 0) is 0 Å². The van der Waals surface area contributed by atoms with Crippen LogP contribution in [0.3, 0.4) is 0 Å². The normalized spacial score (nSPS) is 28.6. The van der Waals surface area contributed by atoms with Gasteiger partial charge in [-0.05, 0) is 31.5 Å². The second-order valence-corrected chi connectivity index (χ2v) is 4.48. The average Bonchev–Trinajstić information content (AvgIpc) is 2.83. The minimum atomic E-state index is -0.00241. The van der Waals surface area contributed by atoms with Gasteiger partial charge in [0, 0.05) is 6.04 Å². The largest absolute Gasteiger partial charge is 0.492 e. The van der Waals surface area contributed by atoms with Crippen molar-refractivity contribution < 1.29 is 9.53 Å². The highest BCUT2D eigenvalue weighted by Crippen LogP contribution is 2.30. The Morgan fingerprint density at radius 3 is 3.00 bits per heavy atom. The number of Topliss-reactive ketones (excluding diaryl/α,β-unsaturated/α-hetero) is 1. The maximum absolute atomic E-state index is 12.3. The van der Waals surface area contributed by atoms with Crippen molar-refractivity contribution in [1.82, 2.24) is 5.32 Å². The van der Waals surface area contributed by atoms with Gasteiger partial charge in [0.1, 0.15) is 5.75 Å². The lowest BCUT2D eigenvalue weighted by Crippen LogP contribution is -2.41. The third kappa shape index (κ3) is 1.52. The lowest BCUT2D eigenvalue weighted by atomic mass is 9.88. The number of carbonyl (C=O) groups is 1. The van der Waals surface area contributed by atoms with Crippen molar-refractivity contribution in [2.24, 2.45) is 5.92 Å². The number of para-hydroxylation sites is 1. The number of benzene rings is 1. The molecule has 1 aromatic rings. The first-order valence-corrected chi connectivity index (χ1v) is 5.86. The predicted molar refractivity (Wildman–Crippen MR) is 60.8 cm³/mol. The molecule has 1 aromatic carbocycles. The molecule has 0 aromatic heterocycles. The van der Waals surface area contributed by atoms with Crippen LogP contribution in [0.25, 0.3) is 0 Å². The maximum Gasteiger partial charge on any atom is 0.174 e. The van der Waals surface area contributed by atoms with Gasteiger partial charge in [-0.3, -0.25) is 4.79 Å². The van der Waals surface area contributed by atoms with Crippen LogP contribution in [0.1, 0.15) is 23.2 Å². The topological polar surface area (TPSA) is 38.3 Å². The monoisotopic (exact) mass is 217 g/mol. The van der Waals surface area contributed by atoms with E-state index in [0.29, 0.717) is 12.6 Å². The molecule has 2 aliphatic heterocycles.